The van der Waals surface area contributed by atoms with Gasteiger partial charge in [-0.1, -0.05) is 24.3 Å². The number of unbranched alkanes of at least 4 members (excludes halogenated alkanes) is 2. The number of nitrogens with zero attached hydrogens (tertiary/aromatic N) is 4. The lowest BCUT2D eigenvalue weighted by Crippen LogP contribution is -2.42. The lowest BCUT2D eigenvalue weighted by Gasteiger charge is -2.32. The Hall–Kier alpha value is -4.20. The summed E-state index contributed by atoms with van der Waals surface area (Å²) < 4.78 is 7.43. The largest absolute Gasteiger partial charge is 0.494 e. The maximum Gasteiger partial charge on any atom is 0.263 e. The minimum absolute atomic E-state index is 0.157. The van der Waals surface area contributed by atoms with Gasteiger partial charge in [0, 0.05) is 38.2 Å². The molecule has 2 aromatic carbocycles. The molecule has 0 bridgehead atoms. The molecule has 4 N–H and O–H groups in total. The summed E-state index contributed by atoms with van der Waals surface area (Å²) in [5, 5.41) is 17.8. The van der Waals surface area contributed by atoms with Gasteiger partial charge in [0.05, 0.1) is 29.5 Å². The molecule has 39 heavy (non-hydrogen) atoms. The molecule has 10 nitrogen and oxygen atoms in total. The van der Waals surface area contributed by atoms with Crippen molar-refractivity contribution in [1.82, 2.24) is 15.0 Å². The molecule has 0 saturated carbocycles. The minimum atomic E-state index is -0.388. The SMILES string of the molecule is Cn1c(N2CCC(N)CC2)nc(-c2ccc(C#N)cc2)c(-c2ccc(OCCCCCC(=O)NO)cc2)c1=O. The van der Waals surface area contributed by atoms with Crippen molar-refractivity contribution < 1.29 is 14.7 Å². The summed E-state index contributed by atoms with van der Waals surface area (Å²) in [6, 6.07) is 16.8. The number of hydrogen-bond donors (Lipinski definition) is 3. The Labute approximate surface area is 227 Å². The lowest BCUT2D eigenvalue weighted by molar-refractivity contribution is -0.129. The molecule has 0 spiro atoms. The number of carbonyl (C=O) groups is 1. The van der Waals surface area contributed by atoms with E-state index in [4.69, 9.17) is 20.7 Å². The first-order chi connectivity index (χ1) is 18.9. The molecule has 10 heteroatoms. The first kappa shape index (κ1) is 27.8. The highest BCUT2D eigenvalue weighted by Crippen LogP contribution is 2.31. The monoisotopic (exact) mass is 530 g/mol. The zero-order chi connectivity index (χ0) is 27.8. The highest BCUT2D eigenvalue weighted by atomic mass is 16.5. The number of nitrogens with two attached hydrogens (primary N) is 1. The van der Waals surface area contributed by atoms with Gasteiger partial charge in [-0.15, -0.1) is 0 Å². The number of piperidine rings is 1. The van der Waals surface area contributed by atoms with Crippen molar-refractivity contribution in [2.24, 2.45) is 12.8 Å². The summed E-state index contributed by atoms with van der Waals surface area (Å²) >= 11 is 0. The van der Waals surface area contributed by atoms with Crippen molar-refractivity contribution in [2.45, 2.75) is 44.6 Å². The van der Waals surface area contributed by atoms with Crippen LogP contribution in [0.2, 0.25) is 0 Å². The first-order valence-corrected chi connectivity index (χ1v) is 13.2. The molecule has 0 atom stereocenters. The molecule has 0 unspecified atom stereocenters. The minimum Gasteiger partial charge on any atom is -0.494 e. The average Bonchev–Trinajstić information content (AvgIpc) is 2.97. The number of hydroxylamine groups is 1. The highest BCUT2D eigenvalue weighted by molar-refractivity contribution is 5.81. The van der Waals surface area contributed by atoms with E-state index in [1.54, 1.807) is 29.2 Å². The topological polar surface area (TPSA) is 146 Å². The Morgan fingerprint density at radius 2 is 1.77 bits per heavy atom. The number of carbonyl (C=O) groups excluding carboxylic acids is 1. The van der Waals surface area contributed by atoms with E-state index in [2.05, 4.69) is 11.0 Å². The molecular formula is C29H34N6O4. The van der Waals surface area contributed by atoms with Crippen LogP contribution in [0, 0.1) is 11.3 Å². The molecule has 1 fully saturated rings. The van der Waals surface area contributed by atoms with Gasteiger partial charge in [0.25, 0.3) is 5.56 Å². The Morgan fingerprint density at radius 1 is 1.10 bits per heavy atom. The third-order valence-electron chi connectivity index (χ3n) is 6.96. The van der Waals surface area contributed by atoms with Crippen LogP contribution in [0.5, 0.6) is 5.75 Å². The van der Waals surface area contributed by atoms with Gasteiger partial charge in [0.2, 0.25) is 11.9 Å². The zero-order valence-corrected chi connectivity index (χ0v) is 22.1. The van der Waals surface area contributed by atoms with E-state index in [0.717, 1.165) is 49.9 Å². The van der Waals surface area contributed by atoms with Gasteiger partial charge in [-0.05, 0) is 61.9 Å². The van der Waals surface area contributed by atoms with Crippen molar-refractivity contribution in [3.8, 4) is 34.2 Å². The molecule has 1 amide bonds. The number of benzene rings is 2. The van der Waals surface area contributed by atoms with Crippen LogP contribution in [0.25, 0.3) is 22.4 Å². The van der Waals surface area contributed by atoms with E-state index in [1.165, 1.54) is 0 Å². The molecule has 2 heterocycles. The van der Waals surface area contributed by atoms with Crippen molar-refractivity contribution in [1.29, 1.82) is 5.26 Å². The Kier molecular flexibility index (Phi) is 9.31. The summed E-state index contributed by atoms with van der Waals surface area (Å²) in [6.45, 7) is 1.95. The van der Waals surface area contributed by atoms with Crippen LogP contribution < -0.4 is 26.4 Å². The smallest absolute Gasteiger partial charge is 0.263 e. The van der Waals surface area contributed by atoms with Crippen molar-refractivity contribution in [3.63, 3.8) is 0 Å². The predicted octanol–water partition coefficient (Wildman–Crippen LogP) is 3.36. The predicted molar refractivity (Wildman–Crippen MR) is 148 cm³/mol. The van der Waals surface area contributed by atoms with E-state index in [9.17, 15) is 14.9 Å². The zero-order valence-electron chi connectivity index (χ0n) is 22.1. The summed E-state index contributed by atoms with van der Waals surface area (Å²) in [5.74, 6) is 0.893. The van der Waals surface area contributed by atoms with Crippen LogP contribution in [0.3, 0.4) is 0 Å². The second-order valence-corrected chi connectivity index (χ2v) is 9.73. The van der Waals surface area contributed by atoms with Gasteiger partial charge in [-0.3, -0.25) is 19.4 Å². The number of ether oxygens (including phenoxy) is 1. The molecule has 204 valence electrons. The lowest BCUT2D eigenvalue weighted by atomic mass is 9.99. The second kappa shape index (κ2) is 13.0. The van der Waals surface area contributed by atoms with Crippen LogP contribution in [-0.2, 0) is 11.8 Å². The summed E-state index contributed by atoms with van der Waals surface area (Å²) in [6.07, 6.45) is 4.20. The molecule has 3 aromatic rings. The van der Waals surface area contributed by atoms with Gasteiger partial charge >= 0.3 is 0 Å². The number of aromatic nitrogens is 2. The fourth-order valence-corrected chi connectivity index (χ4v) is 4.67. The Morgan fingerprint density at radius 3 is 2.41 bits per heavy atom. The van der Waals surface area contributed by atoms with E-state index in [1.807, 2.05) is 36.4 Å². The maximum absolute atomic E-state index is 13.8. The molecule has 4 rings (SSSR count). The molecular weight excluding hydrogens is 496 g/mol. The average molecular weight is 531 g/mol. The molecule has 1 aliphatic rings. The van der Waals surface area contributed by atoms with Crippen LogP contribution in [-0.4, -0.2) is 46.4 Å². The Balaban J connectivity index is 1.59. The van der Waals surface area contributed by atoms with Crippen molar-refractivity contribution in [3.05, 3.63) is 64.4 Å². The fourth-order valence-electron chi connectivity index (χ4n) is 4.67. The molecule has 0 radical (unpaired) electrons. The van der Waals surface area contributed by atoms with E-state index in [-0.39, 0.29) is 23.9 Å². The van der Waals surface area contributed by atoms with Crippen LogP contribution in [0.1, 0.15) is 44.1 Å². The molecule has 1 aromatic heterocycles. The van der Waals surface area contributed by atoms with E-state index < -0.39 is 0 Å². The quantitative estimate of drug-likeness (QED) is 0.205. The van der Waals surface area contributed by atoms with E-state index >= 15 is 0 Å². The molecule has 1 aliphatic heterocycles. The highest BCUT2D eigenvalue weighted by Gasteiger charge is 2.24. The Bertz CT molecular complexity index is 1370. The fraction of sp³-hybridized carbons (Fsp3) is 0.379. The second-order valence-electron chi connectivity index (χ2n) is 9.73. The van der Waals surface area contributed by atoms with Crippen LogP contribution >= 0.6 is 0 Å². The summed E-state index contributed by atoms with van der Waals surface area (Å²) in [5.41, 5.74) is 10.6. The summed E-state index contributed by atoms with van der Waals surface area (Å²) in [7, 11) is 1.74. The third-order valence-corrected chi connectivity index (χ3v) is 6.96. The van der Waals surface area contributed by atoms with Gasteiger partial charge in [-0.2, -0.15) is 5.26 Å². The van der Waals surface area contributed by atoms with Crippen LogP contribution in [0.4, 0.5) is 5.95 Å². The molecule has 1 saturated heterocycles. The number of hydrogen-bond acceptors (Lipinski definition) is 8. The first-order valence-electron chi connectivity index (χ1n) is 13.2. The van der Waals surface area contributed by atoms with Crippen molar-refractivity contribution in [2.75, 3.05) is 24.6 Å². The number of anilines is 1. The number of rotatable bonds is 10. The van der Waals surface area contributed by atoms with Crippen LogP contribution in [0.15, 0.2) is 53.3 Å². The third kappa shape index (κ3) is 6.82. The van der Waals surface area contributed by atoms with Crippen molar-refractivity contribution >= 4 is 11.9 Å². The van der Waals surface area contributed by atoms with Gasteiger partial charge in [0.15, 0.2) is 0 Å². The number of nitriles is 1. The molecule has 0 aliphatic carbocycles. The van der Waals surface area contributed by atoms with E-state index in [0.29, 0.717) is 41.5 Å². The van der Waals surface area contributed by atoms with Gasteiger partial charge < -0.3 is 15.4 Å². The maximum atomic E-state index is 13.8. The summed E-state index contributed by atoms with van der Waals surface area (Å²) in [4.78, 5) is 32.0. The number of nitrogens with one attached hydrogen (secondary N) is 1. The van der Waals surface area contributed by atoms with Gasteiger partial charge in [0.1, 0.15) is 5.75 Å². The standard InChI is InChI=1S/C29H34N6O4/c1-34-28(37)26(21-10-12-24(13-11-21)39-18-4-2-3-5-25(36)33-38)27(22-8-6-20(19-30)7-9-22)32-29(34)35-16-14-23(31)15-17-35/h6-13,23,38H,2-5,14-18,31H2,1H3,(H,33,36). The normalized spacial score (nSPS) is 13.6. The number of amides is 1. The van der Waals surface area contributed by atoms with Gasteiger partial charge in [-0.25, -0.2) is 10.5 Å².